The summed E-state index contributed by atoms with van der Waals surface area (Å²) >= 11 is 0. The molecule has 2 rings (SSSR count). The number of nitrogens with zero attached hydrogens (tertiary/aromatic N) is 1. The van der Waals surface area contributed by atoms with Gasteiger partial charge in [-0.2, -0.15) is 0 Å². The first kappa shape index (κ1) is 13.7. The van der Waals surface area contributed by atoms with Crippen LogP contribution in [0.5, 0.6) is 0 Å². The van der Waals surface area contributed by atoms with Gasteiger partial charge in [0.25, 0.3) is 0 Å². The van der Waals surface area contributed by atoms with Crippen LogP contribution in [0.3, 0.4) is 0 Å². The van der Waals surface area contributed by atoms with Crippen molar-refractivity contribution in [1.82, 2.24) is 10.3 Å². The number of pyridine rings is 1. The van der Waals surface area contributed by atoms with E-state index in [1.807, 2.05) is 18.2 Å². The number of hydrogen-bond donors (Lipinski definition) is 1. The summed E-state index contributed by atoms with van der Waals surface area (Å²) in [5.74, 6) is 0. The van der Waals surface area contributed by atoms with Gasteiger partial charge in [-0.1, -0.05) is 6.07 Å². The molecule has 0 saturated carbocycles. The van der Waals surface area contributed by atoms with Gasteiger partial charge >= 0.3 is 0 Å². The van der Waals surface area contributed by atoms with Crippen LogP contribution < -0.4 is 5.32 Å². The zero-order valence-corrected chi connectivity index (χ0v) is 9.31. The molecule has 80 valence electrons. The maximum absolute atomic E-state index is 5.54. The van der Waals surface area contributed by atoms with Crippen molar-refractivity contribution in [3.8, 4) is 0 Å². The minimum Gasteiger partial charge on any atom is -0.369 e. The molecule has 3 nitrogen and oxygen atoms in total. The minimum absolute atomic E-state index is 0. The fraction of sp³-hybridized carbons (Fsp3) is 0.444. The summed E-state index contributed by atoms with van der Waals surface area (Å²) in [6.07, 6.45) is 1.94. The topological polar surface area (TPSA) is 34.1 Å². The van der Waals surface area contributed by atoms with Gasteiger partial charge in [-0.3, -0.25) is 4.98 Å². The molecule has 1 N–H and O–H groups in total. The highest BCUT2D eigenvalue weighted by molar-refractivity contribution is 5.85. The van der Waals surface area contributed by atoms with Gasteiger partial charge in [0, 0.05) is 19.3 Å². The zero-order valence-electron chi connectivity index (χ0n) is 7.68. The highest BCUT2D eigenvalue weighted by Crippen LogP contribution is 2.14. The molecule has 2 heterocycles. The number of morpholine rings is 1. The van der Waals surface area contributed by atoms with Crippen molar-refractivity contribution in [2.24, 2.45) is 0 Å². The number of rotatable bonds is 1. The Morgan fingerprint density at radius 1 is 1.36 bits per heavy atom. The molecule has 1 atom stereocenters. The van der Waals surface area contributed by atoms with E-state index >= 15 is 0 Å². The van der Waals surface area contributed by atoms with Crippen molar-refractivity contribution in [3.63, 3.8) is 0 Å². The van der Waals surface area contributed by atoms with E-state index < -0.39 is 0 Å². The molecule has 0 radical (unpaired) electrons. The third-order valence-corrected chi connectivity index (χ3v) is 1.95. The molecule has 0 bridgehead atoms. The van der Waals surface area contributed by atoms with E-state index in [2.05, 4.69) is 10.3 Å². The van der Waals surface area contributed by atoms with Gasteiger partial charge in [0.15, 0.2) is 0 Å². The van der Waals surface area contributed by atoms with Crippen LogP contribution in [0.4, 0.5) is 0 Å². The molecule has 0 aromatic carbocycles. The van der Waals surface area contributed by atoms with Crippen LogP contribution >= 0.6 is 24.8 Å². The molecule has 14 heavy (non-hydrogen) atoms. The van der Waals surface area contributed by atoms with E-state index in [4.69, 9.17) is 4.74 Å². The molecule has 0 spiro atoms. The molecular weight excluding hydrogens is 223 g/mol. The zero-order chi connectivity index (χ0) is 8.23. The van der Waals surface area contributed by atoms with Crippen LogP contribution in [0.2, 0.25) is 0 Å². The summed E-state index contributed by atoms with van der Waals surface area (Å²) in [6, 6.07) is 5.90. The van der Waals surface area contributed by atoms with E-state index in [0.717, 1.165) is 25.4 Å². The number of ether oxygens (including phenoxy) is 1. The van der Waals surface area contributed by atoms with Crippen LogP contribution in [0, 0.1) is 0 Å². The third-order valence-electron chi connectivity index (χ3n) is 1.95. The summed E-state index contributed by atoms with van der Waals surface area (Å²) in [7, 11) is 0. The Morgan fingerprint density at radius 3 is 2.79 bits per heavy atom. The van der Waals surface area contributed by atoms with Gasteiger partial charge in [-0.25, -0.2) is 0 Å². The quantitative estimate of drug-likeness (QED) is 0.805. The van der Waals surface area contributed by atoms with E-state index in [1.54, 1.807) is 6.20 Å². The Morgan fingerprint density at radius 2 is 2.21 bits per heavy atom. The lowest BCUT2D eigenvalue weighted by atomic mass is 10.2. The monoisotopic (exact) mass is 236 g/mol. The maximum Gasteiger partial charge on any atom is 0.112 e. The predicted molar refractivity (Wildman–Crippen MR) is 60.3 cm³/mol. The first-order chi connectivity index (χ1) is 5.97. The second kappa shape index (κ2) is 7.01. The molecule has 0 aliphatic carbocycles. The first-order valence-electron chi connectivity index (χ1n) is 4.20. The lowest BCUT2D eigenvalue weighted by molar-refractivity contribution is 0.0250. The smallest absolute Gasteiger partial charge is 0.112 e. The summed E-state index contributed by atoms with van der Waals surface area (Å²) in [6.45, 7) is 2.60. The molecule has 0 amide bonds. The normalized spacial score (nSPS) is 20.4. The standard InChI is InChI=1S/C9H12N2O.2ClH/c1-2-4-11-8(3-1)9-7-10-5-6-12-9;;/h1-4,9-10H,5-7H2;2*1H. The third kappa shape index (κ3) is 3.42. The van der Waals surface area contributed by atoms with Crippen LogP contribution in [0.15, 0.2) is 24.4 Å². The molecule has 1 saturated heterocycles. The second-order valence-electron chi connectivity index (χ2n) is 2.82. The van der Waals surface area contributed by atoms with Crippen molar-refractivity contribution in [3.05, 3.63) is 30.1 Å². The lowest BCUT2D eigenvalue weighted by Gasteiger charge is -2.22. The Bertz CT molecular complexity index is 240. The van der Waals surface area contributed by atoms with Gasteiger partial charge in [0.2, 0.25) is 0 Å². The molecule has 1 fully saturated rings. The van der Waals surface area contributed by atoms with E-state index in [-0.39, 0.29) is 30.9 Å². The highest BCUT2D eigenvalue weighted by atomic mass is 35.5. The number of aromatic nitrogens is 1. The molecule has 1 unspecified atom stereocenters. The molecule has 1 aromatic rings. The Labute approximate surface area is 96.1 Å². The average molecular weight is 237 g/mol. The minimum atomic E-state index is 0. The van der Waals surface area contributed by atoms with Crippen LogP contribution in [0.1, 0.15) is 11.8 Å². The Kier molecular flexibility index (Phi) is 6.83. The van der Waals surface area contributed by atoms with Crippen molar-refractivity contribution in [2.75, 3.05) is 19.7 Å². The van der Waals surface area contributed by atoms with E-state index in [1.165, 1.54) is 0 Å². The molecule has 1 aliphatic heterocycles. The molecule has 1 aliphatic rings. The lowest BCUT2D eigenvalue weighted by Crippen LogP contribution is -2.33. The van der Waals surface area contributed by atoms with E-state index in [0.29, 0.717) is 0 Å². The fourth-order valence-electron chi connectivity index (χ4n) is 1.32. The van der Waals surface area contributed by atoms with Gasteiger partial charge < -0.3 is 10.1 Å². The van der Waals surface area contributed by atoms with Crippen molar-refractivity contribution < 1.29 is 4.74 Å². The number of halogens is 2. The van der Waals surface area contributed by atoms with Crippen LogP contribution in [-0.4, -0.2) is 24.7 Å². The highest BCUT2D eigenvalue weighted by Gasteiger charge is 2.15. The first-order valence-corrected chi connectivity index (χ1v) is 4.20. The van der Waals surface area contributed by atoms with Gasteiger partial charge in [-0.05, 0) is 12.1 Å². The average Bonchev–Trinajstić information content (AvgIpc) is 2.21. The summed E-state index contributed by atoms with van der Waals surface area (Å²) in [4.78, 5) is 4.24. The Hall–Kier alpha value is -0.350. The predicted octanol–water partition coefficient (Wildman–Crippen LogP) is 1.59. The molecular formula is C9H14Cl2N2O. The SMILES string of the molecule is Cl.Cl.c1ccc(C2CNCCO2)nc1. The van der Waals surface area contributed by atoms with E-state index in [9.17, 15) is 0 Å². The van der Waals surface area contributed by atoms with Gasteiger partial charge in [0.1, 0.15) is 6.10 Å². The Balaban J connectivity index is 0.000000845. The van der Waals surface area contributed by atoms with Crippen LogP contribution in [0.25, 0.3) is 0 Å². The number of hydrogen-bond acceptors (Lipinski definition) is 3. The second-order valence-corrected chi connectivity index (χ2v) is 2.82. The number of nitrogens with one attached hydrogen (secondary N) is 1. The van der Waals surface area contributed by atoms with Crippen molar-refractivity contribution in [1.29, 1.82) is 0 Å². The summed E-state index contributed by atoms with van der Waals surface area (Å²) < 4.78 is 5.54. The maximum atomic E-state index is 5.54. The summed E-state index contributed by atoms with van der Waals surface area (Å²) in [5, 5.41) is 3.27. The van der Waals surface area contributed by atoms with Gasteiger partial charge in [-0.15, -0.1) is 24.8 Å². The molecule has 1 aromatic heterocycles. The van der Waals surface area contributed by atoms with Gasteiger partial charge in [0.05, 0.1) is 12.3 Å². The molecule has 5 heteroatoms. The van der Waals surface area contributed by atoms with Crippen molar-refractivity contribution in [2.45, 2.75) is 6.10 Å². The van der Waals surface area contributed by atoms with Crippen LogP contribution in [-0.2, 0) is 4.74 Å². The van der Waals surface area contributed by atoms with Crippen molar-refractivity contribution >= 4 is 24.8 Å². The fourth-order valence-corrected chi connectivity index (χ4v) is 1.32. The largest absolute Gasteiger partial charge is 0.369 e. The summed E-state index contributed by atoms with van der Waals surface area (Å²) in [5.41, 5.74) is 1.02.